The maximum atomic E-state index is 12.6. The van der Waals surface area contributed by atoms with Crippen molar-refractivity contribution in [2.75, 3.05) is 11.9 Å². The number of benzene rings is 1. The van der Waals surface area contributed by atoms with Crippen LogP contribution >= 0.6 is 0 Å². The Morgan fingerprint density at radius 3 is 2.67 bits per heavy atom. The molecule has 1 heterocycles. The standard InChI is InChI=1S/C14H15F3N2O2/c1-2-6-19-12(20)8-11(13(19)21)18-10-5-3-4-9(7-10)14(15,16)17/h3-5,7,11,18H,2,6,8H2,1H3. The summed E-state index contributed by atoms with van der Waals surface area (Å²) in [6, 6.07) is 3.79. The third kappa shape index (κ3) is 3.34. The van der Waals surface area contributed by atoms with E-state index in [0.717, 1.165) is 17.0 Å². The monoisotopic (exact) mass is 300 g/mol. The Bertz CT molecular complexity index is 557. The molecule has 1 saturated heterocycles. The van der Waals surface area contributed by atoms with E-state index in [1.807, 2.05) is 6.92 Å². The van der Waals surface area contributed by atoms with E-state index in [1.54, 1.807) is 0 Å². The highest BCUT2D eigenvalue weighted by Crippen LogP contribution is 2.31. The second-order valence-electron chi connectivity index (χ2n) is 4.86. The molecule has 1 aliphatic heterocycles. The fourth-order valence-electron chi connectivity index (χ4n) is 2.24. The first kappa shape index (κ1) is 15.3. The Kier molecular flexibility index (Phi) is 4.20. The fraction of sp³-hybridized carbons (Fsp3) is 0.429. The summed E-state index contributed by atoms with van der Waals surface area (Å²) in [7, 11) is 0. The molecule has 0 spiro atoms. The predicted octanol–water partition coefficient (Wildman–Crippen LogP) is 2.65. The lowest BCUT2D eigenvalue weighted by Gasteiger charge is -2.16. The zero-order valence-corrected chi connectivity index (χ0v) is 11.4. The molecule has 0 aliphatic carbocycles. The third-order valence-electron chi connectivity index (χ3n) is 3.22. The molecule has 0 saturated carbocycles. The van der Waals surface area contributed by atoms with Crippen LogP contribution in [0.3, 0.4) is 0 Å². The molecular weight excluding hydrogens is 285 g/mol. The molecule has 1 atom stereocenters. The van der Waals surface area contributed by atoms with Gasteiger partial charge in [-0.3, -0.25) is 14.5 Å². The van der Waals surface area contributed by atoms with Crippen LogP contribution in [0.4, 0.5) is 18.9 Å². The molecule has 1 N–H and O–H groups in total. The molecule has 2 rings (SSSR count). The van der Waals surface area contributed by atoms with Crippen LogP contribution in [0, 0.1) is 0 Å². The van der Waals surface area contributed by atoms with E-state index in [1.165, 1.54) is 12.1 Å². The Balaban J connectivity index is 2.13. The normalized spacial score (nSPS) is 19.2. The van der Waals surface area contributed by atoms with Gasteiger partial charge >= 0.3 is 6.18 Å². The Labute approximate surface area is 119 Å². The number of rotatable bonds is 4. The number of alkyl halides is 3. The van der Waals surface area contributed by atoms with Gasteiger partial charge in [0.2, 0.25) is 5.91 Å². The SMILES string of the molecule is CCCN1C(=O)CC(Nc2cccc(C(F)(F)F)c2)C1=O. The second-order valence-corrected chi connectivity index (χ2v) is 4.86. The molecule has 0 radical (unpaired) electrons. The maximum absolute atomic E-state index is 12.6. The quantitative estimate of drug-likeness (QED) is 0.870. The summed E-state index contributed by atoms with van der Waals surface area (Å²) in [6.45, 7) is 2.17. The smallest absolute Gasteiger partial charge is 0.373 e. The van der Waals surface area contributed by atoms with Gasteiger partial charge in [-0.05, 0) is 24.6 Å². The largest absolute Gasteiger partial charge is 0.416 e. The van der Waals surface area contributed by atoms with Gasteiger partial charge in [0.25, 0.3) is 5.91 Å². The van der Waals surface area contributed by atoms with Crippen LogP contribution in [0.15, 0.2) is 24.3 Å². The summed E-state index contributed by atoms with van der Waals surface area (Å²) < 4.78 is 37.9. The summed E-state index contributed by atoms with van der Waals surface area (Å²) in [6.07, 6.45) is -3.83. The maximum Gasteiger partial charge on any atom is 0.416 e. The van der Waals surface area contributed by atoms with Crippen LogP contribution in [0.5, 0.6) is 0 Å². The number of amides is 2. The molecule has 1 fully saturated rings. The zero-order chi connectivity index (χ0) is 15.6. The minimum atomic E-state index is -4.44. The van der Waals surface area contributed by atoms with E-state index in [2.05, 4.69) is 5.32 Å². The third-order valence-corrected chi connectivity index (χ3v) is 3.22. The topological polar surface area (TPSA) is 49.4 Å². The second kappa shape index (κ2) is 5.75. The molecule has 0 aromatic heterocycles. The van der Waals surface area contributed by atoms with Gasteiger partial charge in [0.05, 0.1) is 12.0 Å². The lowest BCUT2D eigenvalue weighted by molar-refractivity contribution is -0.139. The predicted molar refractivity (Wildman–Crippen MR) is 70.5 cm³/mol. The number of nitrogens with zero attached hydrogens (tertiary/aromatic N) is 1. The first-order valence-corrected chi connectivity index (χ1v) is 6.61. The van der Waals surface area contributed by atoms with E-state index in [0.29, 0.717) is 13.0 Å². The number of hydrogen-bond acceptors (Lipinski definition) is 3. The van der Waals surface area contributed by atoms with E-state index >= 15 is 0 Å². The number of anilines is 1. The van der Waals surface area contributed by atoms with Crippen LogP contribution in [-0.2, 0) is 15.8 Å². The van der Waals surface area contributed by atoms with E-state index in [4.69, 9.17) is 0 Å². The molecule has 4 nitrogen and oxygen atoms in total. The summed E-state index contributed by atoms with van der Waals surface area (Å²) in [5.74, 6) is -0.689. The van der Waals surface area contributed by atoms with Crippen molar-refractivity contribution in [2.45, 2.75) is 32.0 Å². The number of likely N-dealkylation sites (tertiary alicyclic amines) is 1. The van der Waals surface area contributed by atoms with Gasteiger partial charge in [-0.2, -0.15) is 13.2 Å². The molecule has 1 aromatic carbocycles. The van der Waals surface area contributed by atoms with Gasteiger partial charge < -0.3 is 5.32 Å². The zero-order valence-electron chi connectivity index (χ0n) is 11.4. The highest BCUT2D eigenvalue weighted by molar-refractivity contribution is 6.06. The van der Waals surface area contributed by atoms with Crippen molar-refractivity contribution in [3.8, 4) is 0 Å². The molecule has 0 bridgehead atoms. The molecular formula is C14H15F3N2O2. The minimum absolute atomic E-state index is 0.0327. The van der Waals surface area contributed by atoms with E-state index in [-0.39, 0.29) is 23.9 Å². The Morgan fingerprint density at radius 2 is 2.05 bits per heavy atom. The summed E-state index contributed by atoms with van der Waals surface area (Å²) in [5.41, 5.74) is -0.621. The van der Waals surface area contributed by atoms with Crippen LogP contribution in [-0.4, -0.2) is 29.3 Å². The lowest BCUT2D eigenvalue weighted by Crippen LogP contribution is -2.35. The number of imide groups is 1. The van der Waals surface area contributed by atoms with Crippen LogP contribution in [0.1, 0.15) is 25.3 Å². The average molecular weight is 300 g/mol. The highest BCUT2D eigenvalue weighted by Gasteiger charge is 2.38. The molecule has 21 heavy (non-hydrogen) atoms. The van der Waals surface area contributed by atoms with Gasteiger partial charge in [-0.1, -0.05) is 13.0 Å². The lowest BCUT2D eigenvalue weighted by atomic mass is 10.1. The number of carbonyl (C=O) groups is 2. The van der Waals surface area contributed by atoms with Gasteiger partial charge in [0, 0.05) is 12.2 Å². The fourth-order valence-corrected chi connectivity index (χ4v) is 2.24. The minimum Gasteiger partial charge on any atom is -0.373 e. The Morgan fingerprint density at radius 1 is 1.33 bits per heavy atom. The van der Waals surface area contributed by atoms with Gasteiger partial charge in [-0.25, -0.2) is 0 Å². The molecule has 1 aliphatic rings. The van der Waals surface area contributed by atoms with Crippen molar-refractivity contribution in [3.63, 3.8) is 0 Å². The molecule has 1 unspecified atom stereocenters. The Hall–Kier alpha value is -2.05. The molecule has 1 aromatic rings. The van der Waals surface area contributed by atoms with Gasteiger partial charge in [0.15, 0.2) is 0 Å². The van der Waals surface area contributed by atoms with Crippen molar-refractivity contribution < 1.29 is 22.8 Å². The molecule has 114 valence electrons. The van der Waals surface area contributed by atoms with Crippen molar-refractivity contribution >= 4 is 17.5 Å². The van der Waals surface area contributed by atoms with Crippen molar-refractivity contribution in [1.29, 1.82) is 0 Å². The summed E-state index contributed by atoms with van der Waals surface area (Å²) in [4.78, 5) is 24.8. The first-order valence-electron chi connectivity index (χ1n) is 6.61. The highest BCUT2D eigenvalue weighted by atomic mass is 19.4. The molecule has 7 heteroatoms. The number of hydrogen-bond donors (Lipinski definition) is 1. The number of carbonyl (C=O) groups excluding carboxylic acids is 2. The van der Waals surface area contributed by atoms with E-state index < -0.39 is 17.8 Å². The first-order chi connectivity index (χ1) is 9.82. The number of nitrogens with one attached hydrogen (secondary N) is 1. The van der Waals surface area contributed by atoms with Crippen LogP contribution in [0.2, 0.25) is 0 Å². The number of halogens is 3. The van der Waals surface area contributed by atoms with Crippen LogP contribution < -0.4 is 5.32 Å². The molecule has 2 amide bonds. The summed E-state index contributed by atoms with van der Waals surface area (Å²) in [5, 5.41) is 2.71. The van der Waals surface area contributed by atoms with Gasteiger partial charge in [0.1, 0.15) is 6.04 Å². The van der Waals surface area contributed by atoms with Crippen molar-refractivity contribution in [3.05, 3.63) is 29.8 Å². The summed E-state index contributed by atoms with van der Waals surface area (Å²) >= 11 is 0. The van der Waals surface area contributed by atoms with Crippen LogP contribution in [0.25, 0.3) is 0 Å². The van der Waals surface area contributed by atoms with E-state index in [9.17, 15) is 22.8 Å². The van der Waals surface area contributed by atoms with Gasteiger partial charge in [-0.15, -0.1) is 0 Å². The average Bonchev–Trinajstić information content (AvgIpc) is 2.66. The van der Waals surface area contributed by atoms with Crippen molar-refractivity contribution in [1.82, 2.24) is 4.90 Å². The van der Waals surface area contributed by atoms with Crippen molar-refractivity contribution in [2.24, 2.45) is 0 Å².